The van der Waals surface area contributed by atoms with Gasteiger partial charge >= 0.3 is 0 Å². The van der Waals surface area contributed by atoms with Crippen LogP contribution in [0.1, 0.15) is 19.9 Å². The number of hydrogen-bond donors (Lipinski definition) is 2. The van der Waals surface area contributed by atoms with Gasteiger partial charge in [-0.25, -0.2) is 15.0 Å². The van der Waals surface area contributed by atoms with Crippen molar-refractivity contribution in [2.75, 3.05) is 29.2 Å². The number of aromatic nitrogens is 5. The minimum absolute atomic E-state index is 0.319. The van der Waals surface area contributed by atoms with E-state index in [4.69, 9.17) is 0 Å². The molecule has 0 aliphatic rings. The van der Waals surface area contributed by atoms with Gasteiger partial charge in [-0.2, -0.15) is 4.98 Å². The van der Waals surface area contributed by atoms with E-state index in [1.165, 1.54) is 0 Å². The smallest absolute Gasteiger partial charge is 0.224 e. The molecule has 2 N–H and O–H groups in total. The molecule has 0 spiro atoms. The SMILES string of the molecule is CC(C)n1cnc2cnc(Nc3ccnc(NCCS(C)=O)n3)cc21. The first-order chi connectivity index (χ1) is 12.0. The molecule has 0 amide bonds. The summed E-state index contributed by atoms with van der Waals surface area (Å²) in [6, 6.07) is 4.05. The molecule has 0 aliphatic carbocycles. The van der Waals surface area contributed by atoms with Crippen LogP contribution in [0, 0.1) is 0 Å². The van der Waals surface area contributed by atoms with Crippen molar-refractivity contribution in [2.24, 2.45) is 0 Å². The number of anilines is 3. The summed E-state index contributed by atoms with van der Waals surface area (Å²) in [5, 5.41) is 6.25. The molecule has 0 saturated carbocycles. The van der Waals surface area contributed by atoms with Crippen LogP contribution in [0.25, 0.3) is 11.0 Å². The van der Waals surface area contributed by atoms with Gasteiger partial charge in [0.2, 0.25) is 5.95 Å². The molecule has 3 aromatic rings. The maximum Gasteiger partial charge on any atom is 0.224 e. The summed E-state index contributed by atoms with van der Waals surface area (Å²) in [7, 11) is -0.844. The van der Waals surface area contributed by atoms with Gasteiger partial charge in [-0.3, -0.25) is 4.21 Å². The molecule has 0 saturated heterocycles. The van der Waals surface area contributed by atoms with Gasteiger partial charge in [0.05, 0.1) is 18.0 Å². The van der Waals surface area contributed by atoms with Crippen molar-refractivity contribution < 1.29 is 4.21 Å². The van der Waals surface area contributed by atoms with Gasteiger partial charge in [-0.15, -0.1) is 0 Å². The van der Waals surface area contributed by atoms with Gasteiger partial charge < -0.3 is 15.2 Å². The van der Waals surface area contributed by atoms with Crippen molar-refractivity contribution in [2.45, 2.75) is 19.9 Å². The number of nitrogens with one attached hydrogen (secondary N) is 2. The topological polar surface area (TPSA) is 97.6 Å². The summed E-state index contributed by atoms with van der Waals surface area (Å²) >= 11 is 0. The molecule has 9 heteroatoms. The first-order valence-corrected chi connectivity index (χ1v) is 9.72. The maximum atomic E-state index is 11.1. The second-order valence-electron chi connectivity index (χ2n) is 5.90. The van der Waals surface area contributed by atoms with Crippen molar-refractivity contribution in [3.63, 3.8) is 0 Å². The summed E-state index contributed by atoms with van der Waals surface area (Å²) in [4.78, 5) is 17.3. The zero-order valence-electron chi connectivity index (χ0n) is 14.4. The minimum Gasteiger partial charge on any atom is -0.353 e. The van der Waals surface area contributed by atoms with E-state index in [0.29, 0.717) is 35.9 Å². The molecule has 3 aromatic heterocycles. The predicted molar refractivity (Wildman–Crippen MR) is 101 cm³/mol. The Balaban J connectivity index is 1.76. The molecule has 0 radical (unpaired) electrons. The molecule has 1 unspecified atom stereocenters. The highest BCUT2D eigenvalue weighted by atomic mass is 32.2. The van der Waals surface area contributed by atoms with Crippen molar-refractivity contribution in [3.05, 3.63) is 30.9 Å². The van der Waals surface area contributed by atoms with Crippen molar-refractivity contribution in [1.82, 2.24) is 24.5 Å². The Morgan fingerprint density at radius 1 is 1.24 bits per heavy atom. The van der Waals surface area contributed by atoms with Crippen molar-refractivity contribution in [1.29, 1.82) is 0 Å². The van der Waals surface area contributed by atoms with Crippen LogP contribution in [0.2, 0.25) is 0 Å². The first kappa shape index (κ1) is 17.3. The number of imidazole rings is 1. The Morgan fingerprint density at radius 3 is 2.84 bits per heavy atom. The highest BCUT2D eigenvalue weighted by Crippen LogP contribution is 2.21. The monoisotopic (exact) mass is 359 g/mol. The number of fused-ring (bicyclic) bond motifs is 1. The van der Waals surface area contributed by atoms with Crippen LogP contribution in [0.4, 0.5) is 17.6 Å². The van der Waals surface area contributed by atoms with E-state index in [0.717, 1.165) is 11.0 Å². The summed E-state index contributed by atoms with van der Waals surface area (Å²) in [5.74, 6) is 2.37. The highest BCUT2D eigenvalue weighted by molar-refractivity contribution is 7.84. The molecule has 0 aromatic carbocycles. The molecule has 3 heterocycles. The molecule has 0 bridgehead atoms. The van der Waals surface area contributed by atoms with Crippen molar-refractivity contribution >= 4 is 39.4 Å². The summed E-state index contributed by atoms with van der Waals surface area (Å²) in [6.07, 6.45) is 6.90. The maximum absolute atomic E-state index is 11.1. The average Bonchev–Trinajstić information content (AvgIpc) is 2.98. The molecule has 25 heavy (non-hydrogen) atoms. The van der Waals surface area contributed by atoms with Gasteiger partial charge in [-0.1, -0.05) is 0 Å². The molecular formula is C16H21N7OS. The minimum atomic E-state index is -0.844. The molecular weight excluding hydrogens is 338 g/mol. The number of nitrogens with zero attached hydrogens (tertiary/aromatic N) is 5. The zero-order chi connectivity index (χ0) is 17.8. The lowest BCUT2D eigenvalue weighted by molar-refractivity contribution is 0.617. The Morgan fingerprint density at radius 2 is 2.08 bits per heavy atom. The lowest BCUT2D eigenvalue weighted by Gasteiger charge is -2.10. The third kappa shape index (κ3) is 4.30. The second-order valence-corrected chi connectivity index (χ2v) is 7.45. The molecule has 132 valence electrons. The Kier molecular flexibility index (Phi) is 5.22. The third-order valence-electron chi connectivity index (χ3n) is 3.60. The zero-order valence-corrected chi connectivity index (χ0v) is 15.2. The van der Waals surface area contributed by atoms with Crippen molar-refractivity contribution in [3.8, 4) is 0 Å². The Hall–Kier alpha value is -2.55. The van der Waals surface area contributed by atoms with E-state index < -0.39 is 10.8 Å². The highest BCUT2D eigenvalue weighted by Gasteiger charge is 2.08. The fraction of sp³-hybridized carbons (Fsp3) is 0.375. The predicted octanol–water partition coefficient (Wildman–Crippen LogP) is 2.34. The van der Waals surface area contributed by atoms with Crippen LogP contribution < -0.4 is 10.6 Å². The van der Waals surface area contributed by atoms with Crippen LogP contribution in [0.5, 0.6) is 0 Å². The average molecular weight is 359 g/mol. The number of hydrogen-bond acceptors (Lipinski definition) is 7. The molecule has 0 fully saturated rings. The van der Waals surface area contributed by atoms with E-state index in [2.05, 4.69) is 49.0 Å². The molecule has 1 atom stereocenters. The Labute approximate surface area is 148 Å². The second kappa shape index (κ2) is 7.56. The van der Waals surface area contributed by atoms with E-state index in [9.17, 15) is 4.21 Å². The van der Waals surface area contributed by atoms with Crippen LogP contribution in [-0.4, -0.2) is 47.3 Å². The lowest BCUT2D eigenvalue weighted by Crippen LogP contribution is -2.12. The van der Waals surface area contributed by atoms with Gasteiger partial charge in [0.1, 0.15) is 17.2 Å². The van der Waals surface area contributed by atoms with Gasteiger partial charge in [0.15, 0.2) is 0 Å². The third-order valence-corrected chi connectivity index (χ3v) is 4.38. The number of pyridine rings is 1. The van der Waals surface area contributed by atoms with Gasteiger partial charge in [-0.05, 0) is 19.9 Å². The Bertz CT molecular complexity index is 893. The molecule has 3 rings (SSSR count). The van der Waals surface area contributed by atoms with E-state index in [-0.39, 0.29) is 0 Å². The quantitative estimate of drug-likeness (QED) is 0.668. The normalized spacial score (nSPS) is 12.5. The fourth-order valence-corrected chi connectivity index (χ4v) is 2.75. The van der Waals surface area contributed by atoms with E-state index >= 15 is 0 Å². The van der Waals surface area contributed by atoms with Crippen LogP contribution in [0.15, 0.2) is 30.9 Å². The van der Waals surface area contributed by atoms with Gasteiger partial charge in [0.25, 0.3) is 0 Å². The first-order valence-electron chi connectivity index (χ1n) is 7.99. The standard InChI is InChI=1S/C16H21N7OS/c1-11(2)23-10-20-12-9-19-15(8-13(12)23)21-14-4-5-17-16(22-14)18-6-7-25(3)24/h4-5,8-11H,6-7H2,1-3H3,(H2,17,18,19,21,22). The summed E-state index contributed by atoms with van der Waals surface area (Å²) in [5.41, 5.74) is 1.88. The van der Waals surface area contributed by atoms with Crippen LogP contribution in [0.3, 0.4) is 0 Å². The fourth-order valence-electron chi connectivity index (χ4n) is 2.36. The largest absolute Gasteiger partial charge is 0.353 e. The van der Waals surface area contributed by atoms with E-state index in [1.807, 2.05) is 12.4 Å². The van der Waals surface area contributed by atoms with E-state index in [1.54, 1.807) is 24.7 Å². The van der Waals surface area contributed by atoms with Crippen LogP contribution >= 0.6 is 0 Å². The lowest BCUT2D eigenvalue weighted by atomic mass is 10.3. The molecule has 8 nitrogen and oxygen atoms in total. The summed E-state index contributed by atoms with van der Waals surface area (Å²) in [6.45, 7) is 4.78. The summed E-state index contributed by atoms with van der Waals surface area (Å²) < 4.78 is 13.2. The number of rotatable bonds is 7. The molecule has 0 aliphatic heterocycles. The van der Waals surface area contributed by atoms with Gasteiger partial charge in [0, 0.05) is 47.7 Å². The van der Waals surface area contributed by atoms with Crippen LogP contribution in [-0.2, 0) is 10.8 Å².